The van der Waals surface area contributed by atoms with E-state index in [-0.39, 0.29) is 19.1 Å². The molecule has 27 heavy (non-hydrogen) atoms. The molecule has 1 aliphatic heterocycles. The second kappa shape index (κ2) is 7.15. The van der Waals surface area contributed by atoms with Crippen LogP contribution in [0.15, 0.2) is 24.3 Å². The maximum atomic E-state index is 13.1. The Morgan fingerprint density at radius 1 is 1.26 bits per heavy atom. The number of aromatic nitrogens is 2. The molecule has 0 unspecified atom stereocenters. The number of hydrogen-bond acceptors (Lipinski definition) is 4. The van der Waals surface area contributed by atoms with E-state index in [0.29, 0.717) is 12.2 Å². The number of ether oxygens (including phenoxy) is 1. The smallest absolute Gasteiger partial charge is 0.334 e. The highest BCUT2D eigenvalue weighted by Crippen LogP contribution is 2.29. The fourth-order valence-corrected chi connectivity index (χ4v) is 3.83. The zero-order valence-electron chi connectivity index (χ0n) is 15.4. The summed E-state index contributed by atoms with van der Waals surface area (Å²) >= 11 is 0. The minimum Gasteiger partial charge on any atom is -0.479 e. The zero-order chi connectivity index (χ0) is 19.0. The highest BCUT2D eigenvalue weighted by atomic mass is 16.5. The van der Waals surface area contributed by atoms with Crippen LogP contribution >= 0.6 is 0 Å². The molecule has 1 fully saturated rings. The van der Waals surface area contributed by atoms with Crippen LogP contribution in [0.3, 0.4) is 0 Å². The quantitative estimate of drug-likeness (QED) is 0.889. The van der Waals surface area contributed by atoms with Gasteiger partial charge in [0.25, 0.3) is 5.91 Å². The molecular formula is C20H23N3O4. The summed E-state index contributed by atoms with van der Waals surface area (Å²) in [6, 6.07) is 8.24. The molecule has 1 aromatic heterocycles. The molecule has 0 radical (unpaired) electrons. The van der Waals surface area contributed by atoms with Gasteiger partial charge in [0.2, 0.25) is 0 Å². The number of carbonyl (C=O) groups is 2. The summed E-state index contributed by atoms with van der Waals surface area (Å²) in [5, 5.41) is 13.8. The third kappa shape index (κ3) is 3.23. The SMILES string of the molecule is CCc1ccc(-n2nc(C(=O)N3CCO[C@H](C(=O)O)C3)c3c2CCC3)cc1. The lowest BCUT2D eigenvalue weighted by molar-refractivity contribution is -0.154. The first-order valence-corrected chi connectivity index (χ1v) is 9.42. The Morgan fingerprint density at radius 3 is 2.74 bits per heavy atom. The van der Waals surface area contributed by atoms with Gasteiger partial charge in [-0.25, -0.2) is 9.48 Å². The second-order valence-electron chi connectivity index (χ2n) is 7.01. The molecule has 1 N–H and O–H groups in total. The molecule has 1 amide bonds. The minimum absolute atomic E-state index is 0.0565. The number of carbonyl (C=O) groups excluding carboxylic acids is 1. The van der Waals surface area contributed by atoms with Gasteiger partial charge in [-0.05, 0) is 43.4 Å². The number of morpholine rings is 1. The second-order valence-corrected chi connectivity index (χ2v) is 7.01. The Bertz CT molecular complexity index is 872. The molecule has 7 nitrogen and oxygen atoms in total. The number of aliphatic carboxylic acids is 1. The van der Waals surface area contributed by atoms with Crippen molar-refractivity contribution in [3.8, 4) is 5.69 Å². The average Bonchev–Trinajstić information content (AvgIpc) is 3.30. The molecule has 7 heteroatoms. The van der Waals surface area contributed by atoms with Crippen molar-refractivity contribution in [3.63, 3.8) is 0 Å². The van der Waals surface area contributed by atoms with Crippen LogP contribution in [-0.4, -0.2) is 57.5 Å². The van der Waals surface area contributed by atoms with Gasteiger partial charge in [0.1, 0.15) is 0 Å². The summed E-state index contributed by atoms with van der Waals surface area (Å²) in [5.41, 5.74) is 4.75. The molecule has 2 aromatic rings. The van der Waals surface area contributed by atoms with E-state index in [1.807, 2.05) is 16.8 Å². The number of carboxylic acid groups (broad SMARTS) is 1. The van der Waals surface area contributed by atoms with Crippen LogP contribution in [0.1, 0.15) is 40.7 Å². The lowest BCUT2D eigenvalue weighted by atomic mass is 10.1. The van der Waals surface area contributed by atoms with E-state index >= 15 is 0 Å². The highest BCUT2D eigenvalue weighted by molar-refractivity contribution is 5.94. The molecule has 0 spiro atoms. The van der Waals surface area contributed by atoms with Gasteiger partial charge in [-0.3, -0.25) is 4.79 Å². The number of nitrogens with zero attached hydrogens (tertiary/aromatic N) is 3. The van der Waals surface area contributed by atoms with E-state index in [9.17, 15) is 14.7 Å². The van der Waals surface area contributed by atoms with E-state index in [2.05, 4.69) is 24.2 Å². The van der Waals surface area contributed by atoms with E-state index in [4.69, 9.17) is 4.74 Å². The number of benzene rings is 1. The monoisotopic (exact) mass is 369 g/mol. The Labute approximate surface area is 157 Å². The molecule has 0 saturated carbocycles. The normalized spacial score (nSPS) is 19.1. The largest absolute Gasteiger partial charge is 0.479 e. The Balaban J connectivity index is 1.65. The molecule has 2 aliphatic rings. The van der Waals surface area contributed by atoms with Crippen LogP contribution in [0.5, 0.6) is 0 Å². The maximum Gasteiger partial charge on any atom is 0.334 e. The molecule has 1 aliphatic carbocycles. The van der Waals surface area contributed by atoms with Crippen LogP contribution in [0.4, 0.5) is 0 Å². The third-order valence-electron chi connectivity index (χ3n) is 5.35. The number of amides is 1. The lowest BCUT2D eigenvalue weighted by Gasteiger charge is -2.30. The molecule has 1 atom stereocenters. The Hall–Kier alpha value is -2.67. The maximum absolute atomic E-state index is 13.1. The highest BCUT2D eigenvalue weighted by Gasteiger charge is 2.34. The molecule has 1 aromatic carbocycles. The van der Waals surface area contributed by atoms with Gasteiger partial charge < -0.3 is 14.7 Å². The van der Waals surface area contributed by atoms with Crippen molar-refractivity contribution in [1.29, 1.82) is 0 Å². The lowest BCUT2D eigenvalue weighted by Crippen LogP contribution is -2.48. The van der Waals surface area contributed by atoms with Crippen LogP contribution in [-0.2, 0) is 28.8 Å². The summed E-state index contributed by atoms with van der Waals surface area (Å²) in [7, 11) is 0. The standard InChI is InChI=1S/C20H23N3O4/c1-2-13-6-8-14(9-7-13)23-16-5-3-4-15(16)18(21-23)19(24)22-10-11-27-17(12-22)20(25)26/h6-9,17H,2-5,10-12H2,1H3,(H,25,26)/t17-/m0/s1. The van der Waals surface area contributed by atoms with Gasteiger partial charge in [-0.1, -0.05) is 19.1 Å². The topological polar surface area (TPSA) is 84.7 Å². The van der Waals surface area contributed by atoms with Gasteiger partial charge in [0.05, 0.1) is 18.8 Å². The van der Waals surface area contributed by atoms with E-state index in [1.165, 1.54) is 5.56 Å². The number of rotatable bonds is 4. The summed E-state index contributed by atoms with van der Waals surface area (Å²) in [5.74, 6) is -1.24. The fraction of sp³-hybridized carbons (Fsp3) is 0.450. The van der Waals surface area contributed by atoms with Crippen molar-refractivity contribution in [2.24, 2.45) is 0 Å². The zero-order valence-corrected chi connectivity index (χ0v) is 15.4. The van der Waals surface area contributed by atoms with Crippen molar-refractivity contribution < 1.29 is 19.4 Å². The Kier molecular flexibility index (Phi) is 4.70. The van der Waals surface area contributed by atoms with Crippen LogP contribution in [0.25, 0.3) is 5.69 Å². The minimum atomic E-state index is -1.04. The predicted octanol–water partition coefficient (Wildman–Crippen LogP) is 1.85. The number of hydrogen-bond donors (Lipinski definition) is 1. The summed E-state index contributed by atoms with van der Waals surface area (Å²) in [6.07, 6.45) is 2.73. The number of fused-ring (bicyclic) bond motifs is 1. The van der Waals surface area contributed by atoms with Crippen molar-refractivity contribution in [2.45, 2.75) is 38.7 Å². The summed E-state index contributed by atoms with van der Waals surface area (Å²) < 4.78 is 7.10. The van der Waals surface area contributed by atoms with Gasteiger partial charge in [-0.2, -0.15) is 5.10 Å². The van der Waals surface area contributed by atoms with Crippen LogP contribution in [0, 0.1) is 0 Å². The van der Waals surface area contributed by atoms with Crippen LogP contribution in [0.2, 0.25) is 0 Å². The molecule has 1 saturated heterocycles. The first kappa shape index (κ1) is 17.7. The van der Waals surface area contributed by atoms with Gasteiger partial charge in [0.15, 0.2) is 11.8 Å². The summed E-state index contributed by atoms with van der Waals surface area (Å²) in [4.78, 5) is 25.8. The fourth-order valence-electron chi connectivity index (χ4n) is 3.83. The van der Waals surface area contributed by atoms with Gasteiger partial charge in [-0.15, -0.1) is 0 Å². The van der Waals surface area contributed by atoms with E-state index in [0.717, 1.165) is 42.6 Å². The third-order valence-corrected chi connectivity index (χ3v) is 5.35. The number of carboxylic acids is 1. The number of aryl methyl sites for hydroxylation is 1. The molecule has 4 rings (SSSR count). The molecule has 2 heterocycles. The van der Waals surface area contributed by atoms with Gasteiger partial charge >= 0.3 is 5.97 Å². The van der Waals surface area contributed by atoms with Crippen molar-refractivity contribution in [3.05, 3.63) is 46.8 Å². The first-order valence-electron chi connectivity index (χ1n) is 9.42. The van der Waals surface area contributed by atoms with Gasteiger partial charge in [0, 0.05) is 17.8 Å². The Morgan fingerprint density at radius 2 is 2.04 bits per heavy atom. The van der Waals surface area contributed by atoms with Crippen LogP contribution < -0.4 is 0 Å². The average molecular weight is 369 g/mol. The summed E-state index contributed by atoms with van der Waals surface area (Å²) in [6.45, 7) is 2.78. The van der Waals surface area contributed by atoms with E-state index < -0.39 is 12.1 Å². The first-order chi connectivity index (χ1) is 13.1. The predicted molar refractivity (Wildman–Crippen MR) is 98.2 cm³/mol. The van der Waals surface area contributed by atoms with E-state index in [1.54, 1.807) is 4.90 Å². The van der Waals surface area contributed by atoms with Crippen molar-refractivity contribution in [1.82, 2.24) is 14.7 Å². The molecular weight excluding hydrogens is 346 g/mol. The molecule has 0 bridgehead atoms. The van der Waals surface area contributed by atoms with Crippen molar-refractivity contribution in [2.75, 3.05) is 19.7 Å². The molecule has 142 valence electrons. The van der Waals surface area contributed by atoms with Crippen molar-refractivity contribution >= 4 is 11.9 Å².